The van der Waals surface area contributed by atoms with Gasteiger partial charge in [-0.25, -0.2) is 0 Å². The molecular formula is C14H17NO2. The first-order chi connectivity index (χ1) is 7.78. The second-order valence-electron chi connectivity index (χ2n) is 4.52. The molecule has 90 valence electrons. The zero-order valence-corrected chi connectivity index (χ0v) is 10.6. The van der Waals surface area contributed by atoms with Crippen LogP contribution in [0.2, 0.25) is 0 Å². The van der Waals surface area contributed by atoms with Gasteiger partial charge in [-0.1, -0.05) is 11.8 Å². The Morgan fingerprint density at radius 1 is 1.41 bits per heavy atom. The number of benzene rings is 1. The first-order valence-corrected chi connectivity index (χ1v) is 5.42. The van der Waals surface area contributed by atoms with E-state index in [2.05, 4.69) is 17.2 Å². The third-order valence-corrected chi connectivity index (χ3v) is 2.05. The van der Waals surface area contributed by atoms with Crippen molar-refractivity contribution in [2.75, 3.05) is 5.32 Å². The van der Waals surface area contributed by atoms with Crippen LogP contribution in [0.1, 0.15) is 31.9 Å². The van der Waals surface area contributed by atoms with Crippen molar-refractivity contribution in [2.24, 2.45) is 0 Å². The SMILES string of the molecule is CC(=O)Nc1ccc(C#CC(C)(C)O)cc1C. The molecule has 0 bridgehead atoms. The van der Waals surface area contributed by atoms with E-state index in [-0.39, 0.29) is 5.91 Å². The van der Waals surface area contributed by atoms with Gasteiger partial charge < -0.3 is 10.4 Å². The van der Waals surface area contributed by atoms with Crippen molar-refractivity contribution in [3.63, 3.8) is 0 Å². The number of carbonyl (C=O) groups is 1. The summed E-state index contributed by atoms with van der Waals surface area (Å²) >= 11 is 0. The lowest BCUT2D eigenvalue weighted by molar-refractivity contribution is -0.114. The van der Waals surface area contributed by atoms with E-state index in [0.717, 1.165) is 16.8 Å². The lowest BCUT2D eigenvalue weighted by Gasteiger charge is -2.08. The van der Waals surface area contributed by atoms with Crippen LogP contribution in [-0.4, -0.2) is 16.6 Å². The quantitative estimate of drug-likeness (QED) is 0.727. The van der Waals surface area contributed by atoms with Crippen LogP contribution >= 0.6 is 0 Å². The minimum atomic E-state index is -0.996. The number of carbonyl (C=O) groups excluding carboxylic acids is 1. The summed E-state index contributed by atoms with van der Waals surface area (Å²) in [5, 5.41) is 12.2. The van der Waals surface area contributed by atoms with Crippen LogP contribution in [0.15, 0.2) is 18.2 Å². The van der Waals surface area contributed by atoms with E-state index in [1.165, 1.54) is 6.92 Å². The number of aliphatic hydroxyl groups is 1. The van der Waals surface area contributed by atoms with E-state index in [1.807, 2.05) is 25.1 Å². The third-order valence-electron chi connectivity index (χ3n) is 2.05. The Morgan fingerprint density at radius 3 is 2.53 bits per heavy atom. The van der Waals surface area contributed by atoms with Crippen molar-refractivity contribution < 1.29 is 9.90 Å². The monoisotopic (exact) mass is 231 g/mol. The highest BCUT2D eigenvalue weighted by molar-refractivity contribution is 5.89. The summed E-state index contributed by atoms with van der Waals surface area (Å²) in [5.74, 6) is 5.54. The Bertz CT molecular complexity index is 487. The van der Waals surface area contributed by atoms with Gasteiger partial charge in [0, 0.05) is 18.2 Å². The molecule has 0 spiro atoms. The van der Waals surface area contributed by atoms with E-state index >= 15 is 0 Å². The fourth-order valence-corrected chi connectivity index (χ4v) is 1.30. The van der Waals surface area contributed by atoms with Gasteiger partial charge in [0.05, 0.1) is 0 Å². The summed E-state index contributed by atoms with van der Waals surface area (Å²) in [7, 11) is 0. The van der Waals surface area contributed by atoms with Gasteiger partial charge in [-0.05, 0) is 44.5 Å². The molecule has 3 nitrogen and oxygen atoms in total. The maximum absolute atomic E-state index is 10.9. The Labute approximate surface area is 102 Å². The molecule has 1 aromatic rings. The molecule has 17 heavy (non-hydrogen) atoms. The molecule has 2 N–H and O–H groups in total. The number of hydrogen-bond acceptors (Lipinski definition) is 2. The maximum Gasteiger partial charge on any atom is 0.221 e. The molecular weight excluding hydrogens is 214 g/mol. The van der Waals surface area contributed by atoms with Crippen molar-refractivity contribution in [3.8, 4) is 11.8 Å². The Kier molecular flexibility index (Phi) is 3.93. The van der Waals surface area contributed by atoms with Gasteiger partial charge in [-0.3, -0.25) is 4.79 Å². The van der Waals surface area contributed by atoms with Crippen molar-refractivity contribution in [1.29, 1.82) is 0 Å². The van der Waals surface area contributed by atoms with Gasteiger partial charge in [0.1, 0.15) is 5.60 Å². The molecule has 0 atom stereocenters. The van der Waals surface area contributed by atoms with E-state index in [4.69, 9.17) is 0 Å². The predicted octanol–water partition coefficient (Wildman–Crippen LogP) is 2.08. The Hall–Kier alpha value is -1.79. The number of aryl methyl sites for hydroxylation is 1. The van der Waals surface area contributed by atoms with Crippen LogP contribution in [-0.2, 0) is 4.79 Å². The molecule has 0 radical (unpaired) electrons. The molecule has 0 saturated heterocycles. The van der Waals surface area contributed by atoms with Crippen molar-refractivity contribution in [2.45, 2.75) is 33.3 Å². The van der Waals surface area contributed by atoms with Crippen molar-refractivity contribution in [3.05, 3.63) is 29.3 Å². The largest absolute Gasteiger partial charge is 0.378 e. The molecule has 3 heteroatoms. The predicted molar refractivity (Wildman–Crippen MR) is 68.7 cm³/mol. The molecule has 1 amide bonds. The lowest BCUT2D eigenvalue weighted by Crippen LogP contribution is -2.14. The van der Waals surface area contributed by atoms with E-state index < -0.39 is 5.60 Å². The van der Waals surface area contributed by atoms with Gasteiger partial charge in [0.25, 0.3) is 0 Å². The van der Waals surface area contributed by atoms with Crippen LogP contribution in [0.25, 0.3) is 0 Å². The summed E-state index contributed by atoms with van der Waals surface area (Å²) in [5.41, 5.74) is 1.55. The molecule has 0 aliphatic heterocycles. The Balaban J connectivity index is 2.96. The van der Waals surface area contributed by atoms with Gasteiger partial charge in [-0.2, -0.15) is 0 Å². The second kappa shape index (κ2) is 5.03. The van der Waals surface area contributed by atoms with Crippen LogP contribution < -0.4 is 5.32 Å². The van der Waals surface area contributed by atoms with Crippen LogP contribution in [0.3, 0.4) is 0 Å². The third kappa shape index (κ3) is 4.71. The molecule has 0 aliphatic carbocycles. The minimum absolute atomic E-state index is 0.0941. The van der Waals surface area contributed by atoms with E-state index in [0.29, 0.717) is 0 Å². The highest BCUT2D eigenvalue weighted by Crippen LogP contribution is 2.16. The van der Waals surface area contributed by atoms with Gasteiger partial charge in [0.15, 0.2) is 0 Å². The second-order valence-corrected chi connectivity index (χ2v) is 4.52. The van der Waals surface area contributed by atoms with Gasteiger partial charge in [-0.15, -0.1) is 0 Å². The zero-order chi connectivity index (χ0) is 13.1. The number of rotatable bonds is 1. The normalized spacial score (nSPS) is 10.4. The average Bonchev–Trinajstić information content (AvgIpc) is 2.17. The van der Waals surface area contributed by atoms with Crippen LogP contribution in [0.5, 0.6) is 0 Å². The molecule has 0 aliphatic rings. The minimum Gasteiger partial charge on any atom is -0.378 e. The lowest BCUT2D eigenvalue weighted by atomic mass is 10.1. The van der Waals surface area contributed by atoms with Gasteiger partial charge in [0.2, 0.25) is 5.91 Å². The van der Waals surface area contributed by atoms with E-state index in [1.54, 1.807) is 13.8 Å². The van der Waals surface area contributed by atoms with Crippen LogP contribution in [0.4, 0.5) is 5.69 Å². The fourth-order valence-electron chi connectivity index (χ4n) is 1.30. The first kappa shape index (κ1) is 13.3. The molecule has 0 fully saturated rings. The molecule has 1 rings (SSSR count). The summed E-state index contributed by atoms with van der Waals surface area (Å²) < 4.78 is 0. The molecule has 0 saturated carbocycles. The summed E-state index contributed by atoms with van der Waals surface area (Å²) in [6.45, 7) is 6.65. The number of hydrogen-bond donors (Lipinski definition) is 2. The van der Waals surface area contributed by atoms with Crippen LogP contribution in [0, 0.1) is 18.8 Å². The molecule has 1 aromatic carbocycles. The zero-order valence-electron chi connectivity index (χ0n) is 10.6. The summed E-state index contributed by atoms with van der Waals surface area (Å²) in [4.78, 5) is 10.9. The number of anilines is 1. The molecule has 0 heterocycles. The molecule has 0 aromatic heterocycles. The van der Waals surface area contributed by atoms with E-state index in [9.17, 15) is 9.90 Å². The standard InChI is InChI=1S/C14H17NO2/c1-10-9-12(7-8-14(3,4)17)5-6-13(10)15-11(2)16/h5-6,9,17H,1-4H3,(H,15,16). The maximum atomic E-state index is 10.9. The van der Waals surface area contributed by atoms with Crippen molar-refractivity contribution >= 4 is 11.6 Å². The summed E-state index contributed by atoms with van der Waals surface area (Å²) in [6, 6.07) is 5.51. The summed E-state index contributed by atoms with van der Waals surface area (Å²) in [6.07, 6.45) is 0. The van der Waals surface area contributed by atoms with Gasteiger partial charge >= 0.3 is 0 Å². The topological polar surface area (TPSA) is 49.3 Å². The highest BCUT2D eigenvalue weighted by Gasteiger charge is 2.06. The smallest absolute Gasteiger partial charge is 0.221 e. The number of nitrogens with one attached hydrogen (secondary N) is 1. The number of amides is 1. The first-order valence-electron chi connectivity index (χ1n) is 5.42. The fraction of sp³-hybridized carbons (Fsp3) is 0.357. The highest BCUT2D eigenvalue weighted by atomic mass is 16.3. The average molecular weight is 231 g/mol. The van der Waals surface area contributed by atoms with Crippen molar-refractivity contribution in [1.82, 2.24) is 0 Å². The molecule has 0 unspecified atom stereocenters. The Morgan fingerprint density at radius 2 is 2.06 bits per heavy atom.